The van der Waals surface area contributed by atoms with Crippen LogP contribution in [0.5, 0.6) is 0 Å². The van der Waals surface area contributed by atoms with E-state index in [4.69, 9.17) is 4.74 Å². The SMILES string of the molecule is Cc1c(C#N)cncc1N1CCC(CN2CCN[C@H](c3ccc4c(c3C)COC4=O)C2)C1. The summed E-state index contributed by atoms with van der Waals surface area (Å²) in [6.45, 7) is 10.6. The molecule has 2 atom stereocenters. The molecular formula is C25H29N5O2. The van der Waals surface area contributed by atoms with Crippen molar-refractivity contribution in [3.8, 4) is 6.07 Å². The van der Waals surface area contributed by atoms with E-state index in [1.807, 2.05) is 19.2 Å². The molecule has 0 saturated carbocycles. The highest BCUT2D eigenvalue weighted by atomic mass is 16.5. The van der Waals surface area contributed by atoms with E-state index in [1.54, 1.807) is 6.20 Å². The maximum absolute atomic E-state index is 11.9. The monoisotopic (exact) mass is 431 g/mol. The zero-order chi connectivity index (χ0) is 22.2. The fourth-order valence-corrected chi connectivity index (χ4v) is 5.44. The second-order valence-electron chi connectivity index (χ2n) is 9.19. The molecular weight excluding hydrogens is 402 g/mol. The molecule has 0 aliphatic carbocycles. The molecule has 0 spiro atoms. The number of nitrogens with one attached hydrogen (secondary N) is 1. The fourth-order valence-electron chi connectivity index (χ4n) is 5.44. The number of rotatable bonds is 4. The van der Waals surface area contributed by atoms with Crippen molar-refractivity contribution in [2.45, 2.75) is 32.9 Å². The van der Waals surface area contributed by atoms with E-state index < -0.39 is 0 Å². The van der Waals surface area contributed by atoms with Gasteiger partial charge in [0, 0.05) is 57.1 Å². The Morgan fingerprint density at radius 2 is 2.09 bits per heavy atom. The molecule has 166 valence electrons. The minimum Gasteiger partial charge on any atom is -0.457 e. The van der Waals surface area contributed by atoms with Gasteiger partial charge in [-0.1, -0.05) is 6.07 Å². The second kappa shape index (κ2) is 8.53. The van der Waals surface area contributed by atoms with Gasteiger partial charge in [-0.3, -0.25) is 9.88 Å². The smallest absolute Gasteiger partial charge is 0.338 e. The number of hydrogen-bond donors (Lipinski definition) is 1. The highest BCUT2D eigenvalue weighted by molar-refractivity contribution is 5.94. The molecule has 7 nitrogen and oxygen atoms in total. The molecule has 3 aliphatic heterocycles. The van der Waals surface area contributed by atoms with Crippen LogP contribution in [0.25, 0.3) is 0 Å². The molecule has 7 heteroatoms. The minimum absolute atomic E-state index is 0.204. The van der Waals surface area contributed by atoms with Gasteiger partial charge in [0.15, 0.2) is 0 Å². The van der Waals surface area contributed by atoms with Gasteiger partial charge >= 0.3 is 5.97 Å². The Morgan fingerprint density at radius 1 is 1.22 bits per heavy atom. The summed E-state index contributed by atoms with van der Waals surface area (Å²) in [6.07, 6.45) is 4.70. The lowest BCUT2D eigenvalue weighted by molar-refractivity contribution is 0.0535. The summed E-state index contributed by atoms with van der Waals surface area (Å²) < 4.78 is 5.23. The van der Waals surface area contributed by atoms with Gasteiger partial charge in [0.1, 0.15) is 12.7 Å². The van der Waals surface area contributed by atoms with E-state index >= 15 is 0 Å². The van der Waals surface area contributed by atoms with Gasteiger partial charge in [-0.05, 0) is 48.9 Å². The predicted molar refractivity (Wildman–Crippen MR) is 121 cm³/mol. The van der Waals surface area contributed by atoms with E-state index in [0.717, 1.165) is 68.1 Å². The summed E-state index contributed by atoms with van der Waals surface area (Å²) in [5, 5.41) is 13.0. The number of pyridine rings is 1. The Morgan fingerprint density at radius 3 is 2.94 bits per heavy atom. The number of aromatic nitrogens is 1. The number of benzene rings is 1. The average molecular weight is 432 g/mol. The number of nitriles is 1. The molecule has 4 heterocycles. The number of carbonyl (C=O) groups is 1. The van der Waals surface area contributed by atoms with Gasteiger partial charge in [-0.25, -0.2) is 4.79 Å². The molecule has 1 N–H and O–H groups in total. The number of cyclic esters (lactones) is 1. The van der Waals surface area contributed by atoms with Gasteiger partial charge in [0.2, 0.25) is 0 Å². The summed E-state index contributed by atoms with van der Waals surface area (Å²) in [4.78, 5) is 21.1. The molecule has 0 bridgehead atoms. The third-order valence-corrected chi connectivity index (χ3v) is 7.29. The molecule has 32 heavy (non-hydrogen) atoms. The third kappa shape index (κ3) is 3.74. The lowest BCUT2D eigenvalue weighted by Gasteiger charge is -2.36. The first-order chi connectivity index (χ1) is 15.5. The van der Waals surface area contributed by atoms with Crippen LogP contribution in [0.1, 0.15) is 50.6 Å². The van der Waals surface area contributed by atoms with Crippen molar-refractivity contribution >= 4 is 11.7 Å². The Kier molecular flexibility index (Phi) is 5.58. The molecule has 2 aromatic rings. The van der Waals surface area contributed by atoms with Crippen LogP contribution in [0.2, 0.25) is 0 Å². The van der Waals surface area contributed by atoms with Crippen molar-refractivity contribution < 1.29 is 9.53 Å². The molecule has 1 aromatic carbocycles. The van der Waals surface area contributed by atoms with Crippen LogP contribution in [0, 0.1) is 31.1 Å². The Balaban J connectivity index is 1.24. The van der Waals surface area contributed by atoms with Crippen LogP contribution in [0.4, 0.5) is 5.69 Å². The number of nitrogens with zero attached hydrogens (tertiary/aromatic N) is 4. The first-order valence-electron chi connectivity index (χ1n) is 11.4. The maximum atomic E-state index is 11.9. The Bertz CT molecular complexity index is 1090. The van der Waals surface area contributed by atoms with Gasteiger partial charge in [0.05, 0.1) is 23.0 Å². The fraction of sp³-hybridized carbons (Fsp3) is 0.480. The van der Waals surface area contributed by atoms with E-state index in [-0.39, 0.29) is 12.0 Å². The third-order valence-electron chi connectivity index (χ3n) is 7.29. The summed E-state index contributed by atoms with van der Waals surface area (Å²) in [5.74, 6) is 0.399. The van der Waals surface area contributed by atoms with Gasteiger partial charge in [-0.2, -0.15) is 5.26 Å². The molecule has 5 rings (SSSR count). The van der Waals surface area contributed by atoms with Crippen LogP contribution in [0.3, 0.4) is 0 Å². The predicted octanol–water partition coefficient (Wildman–Crippen LogP) is 2.71. The van der Waals surface area contributed by atoms with E-state index in [1.165, 1.54) is 11.1 Å². The van der Waals surface area contributed by atoms with Crippen molar-refractivity contribution in [3.05, 3.63) is 57.9 Å². The lowest BCUT2D eigenvalue weighted by atomic mass is 9.93. The zero-order valence-electron chi connectivity index (χ0n) is 18.7. The number of hydrogen-bond acceptors (Lipinski definition) is 7. The largest absolute Gasteiger partial charge is 0.457 e. The molecule has 2 saturated heterocycles. The number of piperazine rings is 1. The number of ether oxygens (including phenoxy) is 1. The van der Waals surface area contributed by atoms with Crippen molar-refractivity contribution in [1.82, 2.24) is 15.2 Å². The van der Waals surface area contributed by atoms with E-state index in [0.29, 0.717) is 18.1 Å². The summed E-state index contributed by atoms with van der Waals surface area (Å²) >= 11 is 0. The Labute approximate surface area is 189 Å². The standard InChI is InChI=1S/C25H29N5O2/c1-16-19(9-26)10-27-11-24(16)30-7-5-18(13-30)12-29-8-6-28-23(14-29)20-3-4-21-22(17(20)2)15-32-25(21)31/h3-4,10-11,18,23,28H,5-8,12-15H2,1-2H3/t18?,23-/m0/s1. The first kappa shape index (κ1) is 20.9. The number of fused-ring (bicyclic) bond motifs is 1. The number of anilines is 1. The molecule has 3 aliphatic rings. The van der Waals surface area contributed by atoms with Gasteiger partial charge in [-0.15, -0.1) is 0 Å². The Hall–Kier alpha value is -2.95. The quantitative estimate of drug-likeness (QED) is 0.746. The lowest BCUT2D eigenvalue weighted by Crippen LogP contribution is -2.47. The van der Waals surface area contributed by atoms with Crippen LogP contribution in [-0.2, 0) is 11.3 Å². The normalized spacial score (nSPS) is 23.2. The number of carbonyl (C=O) groups excluding carboxylic acids is 1. The van der Waals surface area contributed by atoms with Crippen LogP contribution >= 0.6 is 0 Å². The van der Waals surface area contributed by atoms with E-state index in [9.17, 15) is 10.1 Å². The second-order valence-corrected chi connectivity index (χ2v) is 9.19. The van der Waals surface area contributed by atoms with Crippen molar-refractivity contribution in [2.75, 3.05) is 44.2 Å². The van der Waals surface area contributed by atoms with Crippen LogP contribution in [0.15, 0.2) is 24.5 Å². The first-order valence-corrected chi connectivity index (χ1v) is 11.4. The molecule has 2 fully saturated rings. The van der Waals surface area contributed by atoms with Crippen LogP contribution in [-0.4, -0.2) is 55.1 Å². The molecule has 0 amide bonds. The summed E-state index contributed by atoms with van der Waals surface area (Å²) in [7, 11) is 0. The van der Waals surface area contributed by atoms with Gasteiger partial charge < -0.3 is 15.0 Å². The topological polar surface area (TPSA) is 81.5 Å². The molecule has 0 radical (unpaired) electrons. The van der Waals surface area contributed by atoms with Crippen molar-refractivity contribution in [3.63, 3.8) is 0 Å². The maximum Gasteiger partial charge on any atom is 0.338 e. The molecule has 1 aromatic heterocycles. The van der Waals surface area contributed by atoms with Crippen molar-refractivity contribution in [1.29, 1.82) is 5.26 Å². The van der Waals surface area contributed by atoms with E-state index in [2.05, 4.69) is 39.2 Å². The zero-order valence-corrected chi connectivity index (χ0v) is 18.7. The number of esters is 1. The molecule has 1 unspecified atom stereocenters. The highest BCUT2D eigenvalue weighted by Crippen LogP contribution is 2.31. The van der Waals surface area contributed by atoms with Crippen molar-refractivity contribution in [2.24, 2.45) is 5.92 Å². The summed E-state index contributed by atoms with van der Waals surface area (Å²) in [5.41, 5.74) is 6.99. The average Bonchev–Trinajstić information content (AvgIpc) is 3.41. The summed E-state index contributed by atoms with van der Waals surface area (Å²) in [6, 6.07) is 6.53. The van der Waals surface area contributed by atoms with Crippen LogP contribution < -0.4 is 10.2 Å². The minimum atomic E-state index is -0.204. The van der Waals surface area contributed by atoms with Gasteiger partial charge in [0.25, 0.3) is 0 Å². The highest BCUT2D eigenvalue weighted by Gasteiger charge is 2.31.